The number of carbonyl (C=O) groups is 2. The van der Waals surface area contributed by atoms with E-state index in [9.17, 15) is 14.0 Å². The van der Waals surface area contributed by atoms with Crippen molar-refractivity contribution in [2.45, 2.75) is 25.7 Å². The standard InChI is InChI=1S/C13H16FNO3/c1-15(11-7-3-2-6-10(11)14)12(16)8-4-5-9-13(17)18/h2-3,6-7H,4-5,8-9H2,1H3,(H,17,18). The molecule has 1 amide bonds. The molecule has 4 nitrogen and oxygen atoms in total. The summed E-state index contributed by atoms with van der Waals surface area (Å²) in [6.45, 7) is 0. The SMILES string of the molecule is CN(C(=O)CCCCC(=O)O)c1ccccc1F. The van der Waals surface area contributed by atoms with Gasteiger partial charge in [-0.1, -0.05) is 12.1 Å². The van der Waals surface area contributed by atoms with E-state index in [1.807, 2.05) is 0 Å². The summed E-state index contributed by atoms with van der Waals surface area (Å²) in [5.74, 6) is -1.53. The highest BCUT2D eigenvalue weighted by atomic mass is 19.1. The average molecular weight is 253 g/mol. The Morgan fingerprint density at radius 3 is 2.44 bits per heavy atom. The third-order valence-electron chi connectivity index (χ3n) is 2.62. The van der Waals surface area contributed by atoms with E-state index in [1.165, 1.54) is 24.1 Å². The normalized spacial score (nSPS) is 10.1. The van der Waals surface area contributed by atoms with Crippen LogP contribution in [0.3, 0.4) is 0 Å². The van der Waals surface area contributed by atoms with E-state index < -0.39 is 11.8 Å². The molecule has 18 heavy (non-hydrogen) atoms. The maximum absolute atomic E-state index is 13.4. The van der Waals surface area contributed by atoms with Gasteiger partial charge in [-0.2, -0.15) is 0 Å². The Hall–Kier alpha value is -1.91. The predicted octanol–water partition coefficient (Wildman–Crippen LogP) is 2.43. The van der Waals surface area contributed by atoms with Gasteiger partial charge in [-0.15, -0.1) is 0 Å². The first-order valence-electron chi connectivity index (χ1n) is 5.75. The lowest BCUT2D eigenvalue weighted by Crippen LogP contribution is -2.26. The summed E-state index contributed by atoms with van der Waals surface area (Å²) in [6.07, 6.45) is 1.21. The molecule has 0 atom stereocenters. The molecule has 5 heteroatoms. The van der Waals surface area contributed by atoms with Gasteiger partial charge in [0.05, 0.1) is 5.69 Å². The molecule has 0 saturated heterocycles. The first kappa shape index (κ1) is 14.2. The van der Waals surface area contributed by atoms with Gasteiger partial charge in [0.1, 0.15) is 5.82 Å². The van der Waals surface area contributed by atoms with Gasteiger partial charge in [0.2, 0.25) is 5.91 Å². The average Bonchev–Trinajstić information content (AvgIpc) is 2.34. The van der Waals surface area contributed by atoms with Crippen LogP contribution in [0, 0.1) is 5.82 Å². The Balaban J connectivity index is 2.47. The van der Waals surface area contributed by atoms with E-state index in [1.54, 1.807) is 12.1 Å². The maximum Gasteiger partial charge on any atom is 0.303 e. The van der Waals surface area contributed by atoms with Crippen LogP contribution in [0.25, 0.3) is 0 Å². The smallest absolute Gasteiger partial charge is 0.303 e. The molecule has 1 aromatic rings. The van der Waals surface area contributed by atoms with Gasteiger partial charge in [-0.3, -0.25) is 9.59 Å². The lowest BCUT2D eigenvalue weighted by atomic mass is 10.1. The van der Waals surface area contributed by atoms with Crippen molar-refractivity contribution >= 4 is 17.6 Å². The number of hydrogen-bond donors (Lipinski definition) is 1. The fraction of sp³-hybridized carbons (Fsp3) is 0.385. The van der Waals surface area contributed by atoms with Crippen molar-refractivity contribution in [1.82, 2.24) is 0 Å². The Morgan fingerprint density at radius 2 is 1.83 bits per heavy atom. The van der Waals surface area contributed by atoms with Crippen molar-refractivity contribution in [3.05, 3.63) is 30.1 Å². The molecule has 0 aliphatic carbocycles. The molecular formula is C13H16FNO3. The predicted molar refractivity (Wildman–Crippen MR) is 65.9 cm³/mol. The quantitative estimate of drug-likeness (QED) is 0.792. The van der Waals surface area contributed by atoms with Crippen molar-refractivity contribution in [3.63, 3.8) is 0 Å². The van der Waals surface area contributed by atoms with Gasteiger partial charge in [-0.25, -0.2) is 4.39 Å². The lowest BCUT2D eigenvalue weighted by Gasteiger charge is -2.17. The fourth-order valence-corrected chi connectivity index (χ4v) is 1.58. The highest BCUT2D eigenvalue weighted by molar-refractivity contribution is 5.92. The highest BCUT2D eigenvalue weighted by Gasteiger charge is 2.13. The first-order valence-corrected chi connectivity index (χ1v) is 5.75. The van der Waals surface area contributed by atoms with E-state index in [4.69, 9.17) is 5.11 Å². The number of halogens is 1. The summed E-state index contributed by atoms with van der Waals surface area (Å²) in [6, 6.07) is 6.05. The fourth-order valence-electron chi connectivity index (χ4n) is 1.58. The van der Waals surface area contributed by atoms with Crippen molar-refractivity contribution in [2.75, 3.05) is 11.9 Å². The van der Waals surface area contributed by atoms with Crippen LogP contribution in [-0.4, -0.2) is 24.0 Å². The molecule has 0 aliphatic heterocycles. The van der Waals surface area contributed by atoms with Crippen LogP contribution in [0.2, 0.25) is 0 Å². The number of unbranched alkanes of at least 4 members (excludes halogenated alkanes) is 1. The summed E-state index contributed by atoms with van der Waals surface area (Å²) >= 11 is 0. The van der Waals surface area contributed by atoms with Crippen LogP contribution in [0.1, 0.15) is 25.7 Å². The molecule has 0 aliphatic rings. The molecule has 0 aromatic heterocycles. The Morgan fingerprint density at radius 1 is 1.22 bits per heavy atom. The Labute approximate surface area is 105 Å². The molecule has 0 saturated carbocycles. The first-order chi connectivity index (χ1) is 8.52. The van der Waals surface area contributed by atoms with E-state index in [2.05, 4.69) is 0 Å². The van der Waals surface area contributed by atoms with E-state index >= 15 is 0 Å². The van der Waals surface area contributed by atoms with Crippen molar-refractivity contribution in [3.8, 4) is 0 Å². The van der Waals surface area contributed by atoms with E-state index in [0.717, 1.165) is 0 Å². The number of carboxylic acids is 1. The number of para-hydroxylation sites is 1. The molecule has 0 unspecified atom stereocenters. The minimum atomic E-state index is -0.870. The second kappa shape index (κ2) is 6.74. The van der Waals surface area contributed by atoms with Crippen LogP contribution in [0.4, 0.5) is 10.1 Å². The third kappa shape index (κ3) is 4.16. The van der Waals surface area contributed by atoms with Gasteiger partial charge in [0.15, 0.2) is 0 Å². The molecule has 1 N–H and O–H groups in total. The van der Waals surface area contributed by atoms with Crippen molar-refractivity contribution in [2.24, 2.45) is 0 Å². The molecule has 0 spiro atoms. The molecular weight excluding hydrogens is 237 g/mol. The van der Waals surface area contributed by atoms with Crippen LogP contribution >= 0.6 is 0 Å². The van der Waals surface area contributed by atoms with E-state index in [-0.39, 0.29) is 24.4 Å². The minimum Gasteiger partial charge on any atom is -0.481 e. The molecule has 0 bridgehead atoms. The van der Waals surface area contributed by atoms with Crippen LogP contribution in [0.5, 0.6) is 0 Å². The number of hydrogen-bond acceptors (Lipinski definition) is 2. The zero-order valence-corrected chi connectivity index (χ0v) is 10.2. The minimum absolute atomic E-state index is 0.0523. The second-order valence-electron chi connectivity index (χ2n) is 4.01. The number of carbonyl (C=O) groups excluding carboxylic acids is 1. The molecule has 0 fully saturated rings. The zero-order chi connectivity index (χ0) is 13.5. The van der Waals surface area contributed by atoms with Gasteiger partial charge >= 0.3 is 5.97 Å². The highest BCUT2D eigenvalue weighted by Crippen LogP contribution is 2.18. The largest absolute Gasteiger partial charge is 0.481 e. The number of benzene rings is 1. The van der Waals surface area contributed by atoms with Crippen LogP contribution < -0.4 is 4.90 Å². The Kier molecular flexibility index (Phi) is 5.30. The monoisotopic (exact) mass is 253 g/mol. The Bertz CT molecular complexity index is 434. The number of amides is 1. The molecule has 98 valence electrons. The molecule has 0 radical (unpaired) electrons. The summed E-state index contributed by atoms with van der Waals surface area (Å²) in [5, 5.41) is 8.46. The second-order valence-corrected chi connectivity index (χ2v) is 4.01. The number of nitrogens with zero attached hydrogens (tertiary/aromatic N) is 1. The third-order valence-corrected chi connectivity index (χ3v) is 2.62. The molecule has 0 heterocycles. The van der Waals surface area contributed by atoms with Crippen molar-refractivity contribution < 1.29 is 19.1 Å². The summed E-state index contributed by atoms with van der Waals surface area (Å²) in [4.78, 5) is 23.3. The summed E-state index contributed by atoms with van der Waals surface area (Å²) in [5.41, 5.74) is 0.237. The van der Waals surface area contributed by atoms with E-state index in [0.29, 0.717) is 12.8 Å². The van der Waals surface area contributed by atoms with Gasteiger partial charge in [0, 0.05) is 19.9 Å². The van der Waals surface area contributed by atoms with Gasteiger partial charge in [-0.05, 0) is 25.0 Å². The topological polar surface area (TPSA) is 57.6 Å². The number of carboxylic acid groups (broad SMARTS) is 1. The summed E-state index contributed by atoms with van der Waals surface area (Å²) in [7, 11) is 1.51. The number of aliphatic carboxylic acids is 1. The van der Waals surface area contributed by atoms with Gasteiger partial charge < -0.3 is 10.0 Å². The molecule has 1 aromatic carbocycles. The van der Waals surface area contributed by atoms with Crippen molar-refractivity contribution in [1.29, 1.82) is 0 Å². The lowest BCUT2D eigenvalue weighted by molar-refractivity contribution is -0.137. The van der Waals surface area contributed by atoms with Crippen LogP contribution in [0.15, 0.2) is 24.3 Å². The maximum atomic E-state index is 13.4. The summed E-state index contributed by atoms with van der Waals surface area (Å²) < 4.78 is 13.4. The number of anilines is 1. The van der Waals surface area contributed by atoms with Crippen LogP contribution in [-0.2, 0) is 9.59 Å². The number of rotatable bonds is 6. The molecule has 1 rings (SSSR count). The van der Waals surface area contributed by atoms with Gasteiger partial charge in [0.25, 0.3) is 0 Å². The zero-order valence-electron chi connectivity index (χ0n) is 10.2.